The van der Waals surface area contributed by atoms with Gasteiger partial charge in [0.2, 0.25) is 5.95 Å². The lowest BCUT2D eigenvalue weighted by Crippen LogP contribution is -2.46. The van der Waals surface area contributed by atoms with E-state index in [2.05, 4.69) is 57.8 Å². The first-order valence-corrected chi connectivity index (χ1v) is 8.93. The minimum atomic E-state index is 0.398. The van der Waals surface area contributed by atoms with Crippen LogP contribution in [0.15, 0.2) is 36.5 Å². The molecule has 2 aliphatic heterocycles. The van der Waals surface area contributed by atoms with Gasteiger partial charge in [0.1, 0.15) is 5.82 Å². The number of para-hydroxylation sites is 1. The van der Waals surface area contributed by atoms with Gasteiger partial charge in [-0.2, -0.15) is 4.98 Å². The molecule has 1 atom stereocenters. The van der Waals surface area contributed by atoms with Crippen LogP contribution in [0.1, 0.15) is 19.4 Å². The molecule has 5 nitrogen and oxygen atoms in total. The predicted octanol–water partition coefficient (Wildman–Crippen LogP) is 2.70. The summed E-state index contributed by atoms with van der Waals surface area (Å²) in [6.45, 7) is 9.90. The number of nitrogens with zero attached hydrogens (tertiary/aromatic N) is 5. The Balaban J connectivity index is 1.60. The number of fused-ring (bicyclic) bond motifs is 1. The van der Waals surface area contributed by atoms with E-state index in [0.29, 0.717) is 6.04 Å². The summed E-state index contributed by atoms with van der Waals surface area (Å²) in [6, 6.07) is 11.0. The summed E-state index contributed by atoms with van der Waals surface area (Å²) < 4.78 is 0. The highest BCUT2D eigenvalue weighted by Crippen LogP contribution is 2.36. The average molecular weight is 323 g/mol. The summed E-state index contributed by atoms with van der Waals surface area (Å²) >= 11 is 0. The molecule has 1 aromatic heterocycles. The van der Waals surface area contributed by atoms with Gasteiger partial charge in [0.05, 0.1) is 0 Å². The second-order valence-corrected chi connectivity index (χ2v) is 6.69. The Labute approximate surface area is 143 Å². The molecule has 0 spiro atoms. The molecule has 24 heavy (non-hydrogen) atoms. The summed E-state index contributed by atoms with van der Waals surface area (Å²) in [6.07, 6.45) is 2.95. The van der Waals surface area contributed by atoms with E-state index in [0.717, 1.165) is 50.9 Å². The van der Waals surface area contributed by atoms with Crippen molar-refractivity contribution >= 4 is 17.5 Å². The number of anilines is 3. The van der Waals surface area contributed by atoms with Gasteiger partial charge in [-0.3, -0.25) is 0 Å². The molecule has 0 N–H and O–H groups in total. The highest BCUT2D eigenvalue weighted by molar-refractivity contribution is 5.67. The Kier molecular flexibility index (Phi) is 4.10. The first kappa shape index (κ1) is 15.4. The second-order valence-electron chi connectivity index (χ2n) is 6.69. The molecule has 1 fully saturated rings. The topological polar surface area (TPSA) is 35.5 Å². The number of rotatable bonds is 3. The average Bonchev–Trinajstić information content (AvgIpc) is 2.97. The molecule has 0 bridgehead atoms. The molecule has 4 rings (SSSR count). The first-order valence-electron chi connectivity index (χ1n) is 8.93. The van der Waals surface area contributed by atoms with Crippen LogP contribution < -0.4 is 9.80 Å². The maximum atomic E-state index is 4.90. The van der Waals surface area contributed by atoms with Gasteiger partial charge in [-0.1, -0.05) is 25.1 Å². The van der Waals surface area contributed by atoms with Crippen molar-refractivity contribution in [2.75, 3.05) is 42.5 Å². The fraction of sp³-hybridized carbons (Fsp3) is 0.474. The standard InChI is InChI=1S/C19H25N5/c1-3-22-10-12-23(13-11-22)18-8-9-20-19(21-18)24-15(2)14-16-6-4-5-7-17(16)24/h4-9,15H,3,10-14H2,1-2H3. The molecular formula is C19H25N5. The van der Waals surface area contributed by atoms with Gasteiger partial charge >= 0.3 is 0 Å². The van der Waals surface area contributed by atoms with Gasteiger partial charge in [-0.15, -0.1) is 0 Å². The lowest BCUT2D eigenvalue weighted by atomic mass is 10.1. The molecule has 1 saturated heterocycles. The number of aromatic nitrogens is 2. The zero-order valence-corrected chi connectivity index (χ0v) is 14.5. The minimum absolute atomic E-state index is 0.398. The molecule has 2 aromatic rings. The maximum Gasteiger partial charge on any atom is 0.232 e. The summed E-state index contributed by atoms with van der Waals surface area (Å²) in [7, 11) is 0. The van der Waals surface area contributed by atoms with E-state index in [4.69, 9.17) is 4.98 Å². The van der Waals surface area contributed by atoms with E-state index in [1.54, 1.807) is 0 Å². The van der Waals surface area contributed by atoms with Crippen molar-refractivity contribution in [3.05, 3.63) is 42.1 Å². The Hall–Kier alpha value is -2.14. The second kappa shape index (κ2) is 6.40. The quantitative estimate of drug-likeness (QED) is 0.868. The van der Waals surface area contributed by atoms with Crippen molar-refractivity contribution in [3.63, 3.8) is 0 Å². The van der Waals surface area contributed by atoms with Crippen molar-refractivity contribution in [3.8, 4) is 0 Å². The fourth-order valence-corrected chi connectivity index (χ4v) is 3.79. The van der Waals surface area contributed by atoms with E-state index in [-0.39, 0.29) is 0 Å². The number of hydrogen-bond donors (Lipinski definition) is 0. The van der Waals surface area contributed by atoms with Crippen LogP contribution in [0.4, 0.5) is 17.5 Å². The van der Waals surface area contributed by atoms with Crippen molar-refractivity contribution in [1.29, 1.82) is 0 Å². The molecule has 126 valence electrons. The summed E-state index contributed by atoms with van der Waals surface area (Å²) in [4.78, 5) is 16.6. The largest absolute Gasteiger partial charge is 0.354 e. The third-order valence-corrected chi connectivity index (χ3v) is 5.19. The van der Waals surface area contributed by atoms with Crippen LogP contribution in [-0.2, 0) is 6.42 Å². The van der Waals surface area contributed by atoms with Crippen molar-refractivity contribution < 1.29 is 0 Å². The first-order chi connectivity index (χ1) is 11.8. The summed E-state index contributed by atoms with van der Waals surface area (Å²) in [5.41, 5.74) is 2.63. The molecule has 2 aliphatic rings. The molecule has 0 amide bonds. The summed E-state index contributed by atoms with van der Waals surface area (Å²) in [5, 5.41) is 0. The van der Waals surface area contributed by atoms with Gasteiger partial charge in [-0.25, -0.2) is 4.98 Å². The van der Waals surface area contributed by atoms with Crippen LogP contribution in [-0.4, -0.2) is 53.6 Å². The number of likely N-dealkylation sites (N-methyl/N-ethyl adjacent to an activating group) is 1. The van der Waals surface area contributed by atoms with Crippen molar-refractivity contribution in [1.82, 2.24) is 14.9 Å². The number of piperazine rings is 1. The number of benzene rings is 1. The van der Waals surface area contributed by atoms with E-state index < -0.39 is 0 Å². The van der Waals surface area contributed by atoms with Gasteiger partial charge in [0.25, 0.3) is 0 Å². The zero-order valence-electron chi connectivity index (χ0n) is 14.5. The van der Waals surface area contributed by atoms with Crippen LogP contribution in [0.5, 0.6) is 0 Å². The molecule has 5 heteroatoms. The van der Waals surface area contributed by atoms with Crippen LogP contribution in [0.25, 0.3) is 0 Å². The zero-order chi connectivity index (χ0) is 16.5. The fourth-order valence-electron chi connectivity index (χ4n) is 3.79. The number of hydrogen-bond acceptors (Lipinski definition) is 5. The molecule has 0 radical (unpaired) electrons. The van der Waals surface area contributed by atoms with Gasteiger partial charge in [0.15, 0.2) is 0 Å². The van der Waals surface area contributed by atoms with E-state index in [1.165, 1.54) is 11.3 Å². The monoisotopic (exact) mass is 323 g/mol. The highest BCUT2D eigenvalue weighted by Gasteiger charge is 2.29. The van der Waals surface area contributed by atoms with Crippen LogP contribution >= 0.6 is 0 Å². The van der Waals surface area contributed by atoms with Crippen LogP contribution in [0.3, 0.4) is 0 Å². The third kappa shape index (κ3) is 2.73. The van der Waals surface area contributed by atoms with Gasteiger partial charge in [0, 0.05) is 44.1 Å². The smallest absolute Gasteiger partial charge is 0.232 e. The van der Waals surface area contributed by atoms with Crippen LogP contribution in [0.2, 0.25) is 0 Å². The predicted molar refractivity (Wildman–Crippen MR) is 98.1 cm³/mol. The minimum Gasteiger partial charge on any atom is -0.354 e. The van der Waals surface area contributed by atoms with E-state index in [1.807, 2.05) is 12.3 Å². The lowest BCUT2D eigenvalue weighted by Gasteiger charge is -2.35. The SMILES string of the molecule is CCN1CCN(c2ccnc(N3c4ccccc4CC3C)n2)CC1. The lowest BCUT2D eigenvalue weighted by molar-refractivity contribution is 0.270. The third-order valence-electron chi connectivity index (χ3n) is 5.19. The Morgan fingerprint density at radius 1 is 1.08 bits per heavy atom. The van der Waals surface area contributed by atoms with Crippen LogP contribution in [0, 0.1) is 0 Å². The molecule has 3 heterocycles. The van der Waals surface area contributed by atoms with Crippen molar-refractivity contribution in [2.24, 2.45) is 0 Å². The normalized spacial score (nSPS) is 21.2. The van der Waals surface area contributed by atoms with Gasteiger partial charge < -0.3 is 14.7 Å². The maximum absolute atomic E-state index is 4.90. The highest BCUT2D eigenvalue weighted by atomic mass is 15.3. The molecule has 0 saturated carbocycles. The van der Waals surface area contributed by atoms with Gasteiger partial charge in [-0.05, 0) is 37.6 Å². The molecule has 0 aliphatic carbocycles. The molecule has 1 unspecified atom stereocenters. The van der Waals surface area contributed by atoms with E-state index in [9.17, 15) is 0 Å². The van der Waals surface area contributed by atoms with E-state index >= 15 is 0 Å². The van der Waals surface area contributed by atoms with Crippen molar-refractivity contribution in [2.45, 2.75) is 26.3 Å². The molecule has 1 aromatic carbocycles. The summed E-state index contributed by atoms with van der Waals surface area (Å²) in [5.74, 6) is 1.87. The Bertz CT molecular complexity index is 708. The Morgan fingerprint density at radius 3 is 2.67 bits per heavy atom. The Morgan fingerprint density at radius 2 is 1.88 bits per heavy atom. The molecular weight excluding hydrogens is 298 g/mol.